The molecule has 0 fully saturated rings. The zero-order valence-corrected chi connectivity index (χ0v) is 9.79. The van der Waals surface area contributed by atoms with Crippen molar-refractivity contribution >= 4 is 5.69 Å². The lowest BCUT2D eigenvalue weighted by Crippen LogP contribution is -2.14. The molecule has 1 aromatic rings. The summed E-state index contributed by atoms with van der Waals surface area (Å²) in [6, 6.07) is 0.351. The largest absolute Gasteiger partial charge is 0.380 e. The van der Waals surface area contributed by atoms with Crippen LogP contribution < -0.4 is 5.32 Å². The monoisotopic (exact) mass is 231 g/mol. The normalized spacial score (nSPS) is 13.1. The summed E-state index contributed by atoms with van der Waals surface area (Å²) in [6.07, 6.45) is 4.26. The summed E-state index contributed by atoms with van der Waals surface area (Å²) in [7, 11) is 0. The fourth-order valence-electron chi connectivity index (χ4n) is 1.55. The van der Waals surface area contributed by atoms with Gasteiger partial charge in [0.25, 0.3) is 6.43 Å². The van der Waals surface area contributed by atoms with Crippen LogP contribution in [0.2, 0.25) is 0 Å². The van der Waals surface area contributed by atoms with Gasteiger partial charge in [-0.25, -0.2) is 8.78 Å². The topological polar surface area (TPSA) is 29.9 Å². The highest BCUT2D eigenvalue weighted by atomic mass is 19.3. The Hall–Kier alpha value is -1.13. The van der Waals surface area contributed by atoms with Gasteiger partial charge in [0.1, 0.15) is 6.54 Å². The molecule has 5 heteroatoms. The van der Waals surface area contributed by atoms with Crippen molar-refractivity contribution < 1.29 is 8.78 Å². The Kier molecular flexibility index (Phi) is 5.22. The van der Waals surface area contributed by atoms with E-state index in [4.69, 9.17) is 0 Å². The van der Waals surface area contributed by atoms with Crippen molar-refractivity contribution in [2.45, 2.75) is 52.1 Å². The Bertz CT molecular complexity index is 299. The molecule has 1 aromatic heterocycles. The molecule has 1 heterocycles. The van der Waals surface area contributed by atoms with Crippen LogP contribution in [0, 0.1) is 0 Å². The lowest BCUT2D eigenvalue weighted by molar-refractivity contribution is 0.122. The predicted molar refractivity (Wildman–Crippen MR) is 60.8 cm³/mol. The van der Waals surface area contributed by atoms with Crippen molar-refractivity contribution in [3.8, 4) is 0 Å². The number of rotatable bonds is 7. The first-order valence-corrected chi connectivity index (χ1v) is 5.69. The van der Waals surface area contributed by atoms with Crippen LogP contribution in [0.1, 0.15) is 33.1 Å². The third kappa shape index (κ3) is 4.59. The second-order valence-corrected chi connectivity index (χ2v) is 4.03. The number of halogens is 2. The van der Waals surface area contributed by atoms with E-state index in [1.54, 1.807) is 12.4 Å². The molecule has 0 aliphatic heterocycles. The van der Waals surface area contributed by atoms with Gasteiger partial charge in [-0.1, -0.05) is 19.8 Å². The van der Waals surface area contributed by atoms with E-state index in [9.17, 15) is 8.78 Å². The molecule has 0 bridgehead atoms. The molecule has 0 aromatic carbocycles. The van der Waals surface area contributed by atoms with Crippen molar-refractivity contribution in [2.24, 2.45) is 0 Å². The van der Waals surface area contributed by atoms with Crippen LogP contribution in [0.3, 0.4) is 0 Å². The molecule has 0 amide bonds. The zero-order chi connectivity index (χ0) is 12.0. The van der Waals surface area contributed by atoms with Gasteiger partial charge in [0.15, 0.2) is 0 Å². The summed E-state index contributed by atoms with van der Waals surface area (Å²) < 4.78 is 25.4. The van der Waals surface area contributed by atoms with E-state index >= 15 is 0 Å². The first kappa shape index (κ1) is 12.9. The summed E-state index contributed by atoms with van der Waals surface area (Å²) >= 11 is 0. The van der Waals surface area contributed by atoms with Gasteiger partial charge in [-0.05, 0) is 13.3 Å². The van der Waals surface area contributed by atoms with E-state index in [2.05, 4.69) is 24.3 Å². The van der Waals surface area contributed by atoms with Gasteiger partial charge in [0.2, 0.25) is 0 Å². The van der Waals surface area contributed by atoms with Crippen LogP contribution in [0.25, 0.3) is 0 Å². The van der Waals surface area contributed by atoms with Crippen LogP contribution in [-0.2, 0) is 6.54 Å². The van der Waals surface area contributed by atoms with Gasteiger partial charge in [0.05, 0.1) is 11.9 Å². The smallest absolute Gasteiger partial charge is 0.257 e. The van der Waals surface area contributed by atoms with Crippen LogP contribution >= 0.6 is 0 Å². The van der Waals surface area contributed by atoms with Crippen LogP contribution in [0.4, 0.5) is 14.5 Å². The second kappa shape index (κ2) is 6.45. The maximum atomic E-state index is 12.1. The Morgan fingerprint density at radius 1 is 1.50 bits per heavy atom. The second-order valence-electron chi connectivity index (χ2n) is 4.03. The zero-order valence-electron chi connectivity index (χ0n) is 9.79. The molecule has 0 aliphatic carbocycles. The molecule has 0 aliphatic rings. The van der Waals surface area contributed by atoms with Crippen LogP contribution in [0.5, 0.6) is 0 Å². The maximum absolute atomic E-state index is 12.1. The van der Waals surface area contributed by atoms with Gasteiger partial charge in [-0.3, -0.25) is 4.68 Å². The number of alkyl halides is 2. The van der Waals surface area contributed by atoms with Crippen LogP contribution in [-0.4, -0.2) is 22.2 Å². The van der Waals surface area contributed by atoms with E-state index in [1.807, 2.05) is 0 Å². The quantitative estimate of drug-likeness (QED) is 0.781. The molecule has 0 saturated heterocycles. The van der Waals surface area contributed by atoms with Crippen molar-refractivity contribution in [1.29, 1.82) is 0 Å². The number of anilines is 1. The van der Waals surface area contributed by atoms with Gasteiger partial charge in [0, 0.05) is 12.2 Å². The summed E-state index contributed by atoms with van der Waals surface area (Å²) in [5.41, 5.74) is 0.809. The average Bonchev–Trinajstić information content (AvgIpc) is 2.61. The Morgan fingerprint density at radius 3 is 2.88 bits per heavy atom. The van der Waals surface area contributed by atoms with Crippen molar-refractivity contribution in [3.63, 3.8) is 0 Å². The van der Waals surface area contributed by atoms with E-state index in [0.717, 1.165) is 18.5 Å². The van der Waals surface area contributed by atoms with E-state index in [-0.39, 0.29) is 6.54 Å². The molecular weight excluding hydrogens is 212 g/mol. The molecule has 3 nitrogen and oxygen atoms in total. The summed E-state index contributed by atoms with van der Waals surface area (Å²) in [5.74, 6) is 0. The standard InChI is InChI=1S/C11H19F2N3/c1-3-4-5-9(2)15-10-6-14-16(7-10)8-11(12)13/h6-7,9,11,15H,3-5,8H2,1-2H3. The minimum Gasteiger partial charge on any atom is -0.380 e. The number of aromatic nitrogens is 2. The number of hydrogen-bond donors (Lipinski definition) is 1. The summed E-state index contributed by atoms with van der Waals surface area (Å²) in [6.45, 7) is 3.89. The van der Waals surface area contributed by atoms with Gasteiger partial charge < -0.3 is 5.32 Å². The number of unbranched alkanes of at least 4 members (excludes halogenated alkanes) is 1. The molecule has 1 unspecified atom stereocenters. The van der Waals surface area contributed by atoms with Crippen molar-refractivity contribution in [2.75, 3.05) is 5.32 Å². The number of hydrogen-bond acceptors (Lipinski definition) is 2. The SMILES string of the molecule is CCCCC(C)Nc1cnn(CC(F)F)c1. The molecule has 92 valence electrons. The molecule has 16 heavy (non-hydrogen) atoms. The van der Waals surface area contributed by atoms with Crippen molar-refractivity contribution in [3.05, 3.63) is 12.4 Å². The average molecular weight is 231 g/mol. The molecule has 1 atom stereocenters. The fourth-order valence-corrected chi connectivity index (χ4v) is 1.55. The third-order valence-corrected chi connectivity index (χ3v) is 2.36. The summed E-state index contributed by atoms with van der Waals surface area (Å²) in [4.78, 5) is 0. The highest BCUT2D eigenvalue weighted by Gasteiger charge is 2.07. The lowest BCUT2D eigenvalue weighted by Gasteiger charge is -2.12. The predicted octanol–water partition coefficient (Wildman–Crippen LogP) is 3.14. The third-order valence-electron chi connectivity index (χ3n) is 2.36. The summed E-state index contributed by atoms with van der Waals surface area (Å²) in [5, 5.41) is 7.11. The minimum atomic E-state index is -2.36. The molecule has 0 spiro atoms. The number of nitrogens with one attached hydrogen (secondary N) is 1. The van der Waals surface area contributed by atoms with E-state index in [0.29, 0.717) is 6.04 Å². The minimum absolute atomic E-state index is 0.342. The number of nitrogens with zero attached hydrogens (tertiary/aromatic N) is 2. The Morgan fingerprint density at radius 2 is 2.25 bits per heavy atom. The fraction of sp³-hybridized carbons (Fsp3) is 0.727. The Balaban J connectivity index is 2.39. The molecule has 0 saturated carbocycles. The first-order valence-electron chi connectivity index (χ1n) is 5.69. The van der Waals surface area contributed by atoms with Crippen LogP contribution in [0.15, 0.2) is 12.4 Å². The van der Waals surface area contributed by atoms with Gasteiger partial charge in [-0.15, -0.1) is 0 Å². The van der Waals surface area contributed by atoms with Gasteiger partial charge >= 0.3 is 0 Å². The van der Waals surface area contributed by atoms with Crippen molar-refractivity contribution in [1.82, 2.24) is 9.78 Å². The molecule has 1 N–H and O–H groups in total. The van der Waals surface area contributed by atoms with E-state index < -0.39 is 6.43 Å². The Labute approximate surface area is 94.8 Å². The molecule has 0 radical (unpaired) electrons. The van der Waals surface area contributed by atoms with Gasteiger partial charge in [-0.2, -0.15) is 5.10 Å². The van der Waals surface area contributed by atoms with E-state index in [1.165, 1.54) is 11.1 Å². The first-order chi connectivity index (χ1) is 7.61. The maximum Gasteiger partial charge on any atom is 0.257 e. The highest BCUT2D eigenvalue weighted by molar-refractivity contribution is 5.38. The highest BCUT2D eigenvalue weighted by Crippen LogP contribution is 2.11. The lowest BCUT2D eigenvalue weighted by atomic mass is 10.1. The molecule has 1 rings (SSSR count). The molecular formula is C11H19F2N3.